The Hall–Kier alpha value is -6.85. The Morgan fingerprint density at radius 2 is 0.725 bits per heavy atom. The minimum atomic E-state index is 0. The van der Waals surface area contributed by atoms with E-state index in [9.17, 15) is 0 Å². The molecule has 51 heavy (non-hydrogen) atoms. The lowest BCUT2D eigenvalue weighted by atomic mass is 10.0. The third-order valence-electron chi connectivity index (χ3n) is 9.60. The zero-order valence-electron chi connectivity index (χ0n) is 27.0. The van der Waals surface area contributed by atoms with Gasteiger partial charge in [0.05, 0.1) is 22.1 Å². The number of nitrogens with zero attached hydrogens (tertiary/aromatic N) is 5. The van der Waals surface area contributed by atoms with Crippen molar-refractivity contribution in [2.24, 2.45) is 0 Å². The molecule has 0 bridgehead atoms. The summed E-state index contributed by atoms with van der Waals surface area (Å²) < 4.78 is 4.49. The first-order valence-corrected chi connectivity index (χ1v) is 16.8. The first-order chi connectivity index (χ1) is 24.8. The standard InChI is InChI=1S/C45H29N5.CH4/c1-2-13-30(14-3-1)31-25-27-32(28-26-31)43-46-44(48-45(47-43)50-41-23-10-6-19-37(41)38-20-7-11-24-42(38)50)33-15-12-16-34(29-33)49-39-21-8-4-17-35(39)36-18-5-9-22-40(36)49;/h1-29H;1H4. The zero-order valence-corrected chi connectivity index (χ0v) is 27.0. The van der Waals surface area contributed by atoms with Crippen LogP contribution in [0.1, 0.15) is 7.43 Å². The molecule has 5 nitrogen and oxygen atoms in total. The second-order valence-electron chi connectivity index (χ2n) is 12.5. The van der Waals surface area contributed by atoms with Crippen LogP contribution in [0.25, 0.3) is 89.2 Å². The van der Waals surface area contributed by atoms with E-state index in [0.717, 1.165) is 55.2 Å². The maximum absolute atomic E-state index is 5.22. The monoisotopic (exact) mass is 655 g/mol. The lowest BCUT2D eigenvalue weighted by molar-refractivity contribution is 0.953. The van der Waals surface area contributed by atoms with E-state index in [-0.39, 0.29) is 7.43 Å². The highest BCUT2D eigenvalue weighted by molar-refractivity contribution is 6.10. The molecule has 0 atom stereocenters. The minimum Gasteiger partial charge on any atom is -0.309 e. The SMILES string of the molecule is C.c1ccc(-c2ccc(-c3nc(-c4cccc(-n5c6ccccc6c6ccccc65)c4)nc(-n4c5ccccc5c5ccccc54)n3)cc2)cc1. The van der Waals surface area contributed by atoms with E-state index in [0.29, 0.717) is 17.6 Å². The maximum atomic E-state index is 5.22. The number of rotatable bonds is 5. The smallest absolute Gasteiger partial charge is 0.238 e. The summed E-state index contributed by atoms with van der Waals surface area (Å²) in [6.07, 6.45) is 0. The van der Waals surface area contributed by atoms with E-state index < -0.39 is 0 Å². The normalized spacial score (nSPS) is 11.4. The molecule has 0 aliphatic heterocycles. The van der Waals surface area contributed by atoms with E-state index in [4.69, 9.17) is 15.0 Å². The van der Waals surface area contributed by atoms with Gasteiger partial charge in [0, 0.05) is 38.4 Å². The van der Waals surface area contributed by atoms with Crippen molar-refractivity contribution in [2.75, 3.05) is 0 Å². The first-order valence-electron chi connectivity index (χ1n) is 16.8. The Bertz CT molecular complexity index is 2760. The van der Waals surface area contributed by atoms with Crippen LogP contribution in [-0.4, -0.2) is 24.1 Å². The van der Waals surface area contributed by atoms with E-state index in [2.05, 4.69) is 179 Å². The molecule has 5 heteroatoms. The molecule has 10 aromatic rings. The lowest BCUT2D eigenvalue weighted by Gasteiger charge is -2.13. The highest BCUT2D eigenvalue weighted by atomic mass is 15.2. The summed E-state index contributed by atoms with van der Waals surface area (Å²) >= 11 is 0. The molecule has 3 aromatic heterocycles. The summed E-state index contributed by atoms with van der Waals surface area (Å²) in [6.45, 7) is 0. The Morgan fingerprint density at radius 1 is 0.314 bits per heavy atom. The van der Waals surface area contributed by atoms with Crippen molar-refractivity contribution in [1.82, 2.24) is 24.1 Å². The van der Waals surface area contributed by atoms with E-state index >= 15 is 0 Å². The third-order valence-corrected chi connectivity index (χ3v) is 9.60. The van der Waals surface area contributed by atoms with Gasteiger partial charge in [0.2, 0.25) is 5.95 Å². The fourth-order valence-corrected chi connectivity index (χ4v) is 7.29. The van der Waals surface area contributed by atoms with Crippen LogP contribution < -0.4 is 0 Å². The fraction of sp³-hybridized carbons (Fsp3) is 0.0217. The van der Waals surface area contributed by atoms with Gasteiger partial charge in [-0.2, -0.15) is 9.97 Å². The van der Waals surface area contributed by atoms with Gasteiger partial charge >= 0.3 is 0 Å². The molecule has 0 fully saturated rings. The predicted molar refractivity (Wildman–Crippen MR) is 212 cm³/mol. The third kappa shape index (κ3) is 4.98. The van der Waals surface area contributed by atoms with Gasteiger partial charge in [-0.05, 0) is 47.5 Å². The quantitative estimate of drug-likeness (QED) is 0.185. The fourth-order valence-electron chi connectivity index (χ4n) is 7.29. The Morgan fingerprint density at radius 3 is 1.27 bits per heavy atom. The van der Waals surface area contributed by atoms with Crippen molar-refractivity contribution in [1.29, 1.82) is 0 Å². The van der Waals surface area contributed by atoms with Crippen LogP contribution in [0.4, 0.5) is 0 Å². The molecule has 10 rings (SSSR count). The molecule has 0 saturated heterocycles. The van der Waals surface area contributed by atoms with Crippen LogP contribution in [-0.2, 0) is 0 Å². The number of fused-ring (bicyclic) bond motifs is 6. The molecule has 0 radical (unpaired) electrons. The van der Waals surface area contributed by atoms with Crippen molar-refractivity contribution < 1.29 is 0 Å². The van der Waals surface area contributed by atoms with Crippen LogP contribution >= 0.6 is 0 Å². The molecule has 242 valence electrons. The predicted octanol–water partition coefficient (Wildman–Crippen LogP) is 11.7. The van der Waals surface area contributed by atoms with Crippen LogP contribution in [0.15, 0.2) is 176 Å². The molecule has 0 aliphatic carbocycles. The number of benzene rings is 7. The number of hydrogen-bond donors (Lipinski definition) is 0. The molecule has 0 aliphatic rings. The summed E-state index contributed by atoms with van der Waals surface area (Å²) in [5.41, 5.74) is 9.62. The van der Waals surface area contributed by atoms with E-state index in [1.165, 1.54) is 16.3 Å². The van der Waals surface area contributed by atoms with E-state index in [1.54, 1.807) is 0 Å². The summed E-state index contributed by atoms with van der Waals surface area (Å²) in [5, 5.41) is 4.77. The summed E-state index contributed by atoms with van der Waals surface area (Å²) in [6, 6.07) is 61.4. The van der Waals surface area contributed by atoms with Gasteiger partial charge in [0.25, 0.3) is 0 Å². The topological polar surface area (TPSA) is 48.5 Å². The minimum absolute atomic E-state index is 0. The molecule has 0 unspecified atom stereocenters. The summed E-state index contributed by atoms with van der Waals surface area (Å²) in [4.78, 5) is 15.5. The zero-order chi connectivity index (χ0) is 33.0. The van der Waals surface area contributed by atoms with Gasteiger partial charge in [-0.15, -0.1) is 0 Å². The van der Waals surface area contributed by atoms with Gasteiger partial charge in [-0.3, -0.25) is 4.57 Å². The largest absolute Gasteiger partial charge is 0.309 e. The molecule has 3 heterocycles. The van der Waals surface area contributed by atoms with Gasteiger partial charge in [-0.25, -0.2) is 4.98 Å². The van der Waals surface area contributed by atoms with Gasteiger partial charge < -0.3 is 4.57 Å². The Labute approximate surface area is 295 Å². The van der Waals surface area contributed by atoms with Crippen LogP contribution in [0.5, 0.6) is 0 Å². The first kappa shape index (κ1) is 30.2. The average molecular weight is 656 g/mol. The van der Waals surface area contributed by atoms with Crippen molar-refractivity contribution in [3.8, 4) is 45.5 Å². The second-order valence-corrected chi connectivity index (χ2v) is 12.5. The Kier molecular flexibility index (Phi) is 7.25. The molecule has 0 spiro atoms. The Balaban J connectivity index is 0.00000348. The second kappa shape index (κ2) is 12.2. The number of para-hydroxylation sites is 4. The van der Waals surface area contributed by atoms with Crippen LogP contribution in [0.2, 0.25) is 0 Å². The highest BCUT2D eigenvalue weighted by Crippen LogP contribution is 2.35. The molecule has 0 amide bonds. The average Bonchev–Trinajstić information content (AvgIpc) is 3.71. The van der Waals surface area contributed by atoms with Crippen molar-refractivity contribution in [2.45, 2.75) is 7.43 Å². The molecule has 0 N–H and O–H groups in total. The molecule has 7 aromatic carbocycles. The number of aromatic nitrogens is 5. The van der Waals surface area contributed by atoms with Crippen molar-refractivity contribution in [3.63, 3.8) is 0 Å². The molecular weight excluding hydrogens is 623 g/mol. The number of hydrogen-bond acceptors (Lipinski definition) is 3. The van der Waals surface area contributed by atoms with Gasteiger partial charge in [0.1, 0.15) is 0 Å². The molecule has 0 saturated carbocycles. The summed E-state index contributed by atoms with van der Waals surface area (Å²) in [5.74, 6) is 1.81. The van der Waals surface area contributed by atoms with Gasteiger partial charge in [-0.1, -0.05) is 147 Å². The van der Waals surface area contributed by atoms with E-state index in [1.807, 2.05) is 6.07 Å². The lowest BCUT2D eigenvalue weighted by Crippen LogP contribution is -2.06. The highest BCUT2D eigenvalue weighted by Gasteiger charge is 2.19. The van der Waals surface area contributed by atoms with Crippen LogP contribution in [0, 0.1) is 0 Å². The summed E-state index contributed by atoms with van der Waals surface area (Å²) in [7, 11) is 0. The van der Waals surface area contributed by atoms with Crippen molar-refractivity contribution in [3.05, 3.63) is 176 Å². The van der Waals surface area contributed by atoms with Crippen molar-refractivity contribution >= 4 is 43.6 Å². The van der Waals surface area contributed by atoms with Gasteiger partial charge in [0.15, 0.2) is 11.6 Å². The van der Waals surface area contributed by atoms with Crippen LogP contribution in [0.3, 0.4) is 0 Å². The maximum Gasteiger partial charge on any atom is 0.238 e. The molecular formula is C46H33N5.